The highest BCUT2D eigenvalue weighted by molar-refractivity contribution is 5.02. The second-order valence-corrected chi connectivity index (χ2v) is 16.3. The third-order valence-electron chi connectivity index (χ3n) is 11.4. The molecule has 0 aromatic rings. The van der Waals surface area contributed by atoms with Gasteiger partial charge in [-0.05, 0) is 81.0 Å². The van der Waals surface area contributed by atoms with E-state index in [2.05, 4.69) is 58.9 Å². The summed E-state index contributed by atoms with van der Waals surface area (Å²) in [4.78, 5) is 0. The largest absolute Gasteiger partial charge is 0.328 e. The maximum atomic E-state index is 6.41. The van der Waals surface area contributed by atoms with Crippen LogP contribution in [0.2, 0.25) is 0 Å². The van der Waals surface area contributed by atoms with E-state index in [0.29, 0.717) is 11.5 Å². The number of rotatable bonds is 32. The second-order valence-electron chi connectivity index (χ2n) is 16.3. The van der Waals surface area contributed by atoms with E-state index in [-0.39, 0.29) is 0 Å². The van der Waals surface area contributed by atoms with Crippen LogP contribution < -0.4 is 5.73 Å². The second kappa shape index (κ2) is 29.6. The van der Waals surface area contributed by atoms with Crippen molar-refractivity contribution in [2.75, 3.05) is 0 Å². The van der Waals surface area contributed by atoms with Gasteiger partial charge in [-0.1, -0.05) is 194 Å². The molecule has 266 valence electrons. The van der Waals surface area contributed by atoms with Crippen molar-refractivity contribution in [3.8, 4) is 0 Å². The normalized spacial score (nSPS) is 20.9. The van der Waals surface area contributed by atoms with Gasteiger partial charge in [0.1, 0.15) is 0 Å². The molecule has 1 heteroatoms. The van der Waals surface area contributed by atoms with Crippen molar-refractivity contribution in [1.29, 1.82) is 0 Å². The zero-order chi connectivity index (χ0) is 32.9. The van der Waals surface area contributed by atoms with E-state index in [0.717, 1.165) is 17.8 Å². The molecule has 0 aliphatic heterocycles. The maximum Gasteiger partial charge on any atom is 0.00442 e. The van der Waals surface area contributed by atoms with Crippen LogP contribution in [0, 0.1) is 23.2 Å². The standard InChI is InChI=1S/C44H85N/c1-6-8-10-12-14-15-16-17-18-19-20-21-23-27-31-35-44(5,39-42-38-43(45)37-41(42)4)36-32-28-24-22-26-30-34-40(3)33-29-25-13-11-9-7-2/h14-17,40-43H,6-13,18-39,45H2,1-5H3/b15-14+,17-16?. The van der Waals surface area contributed by atoms with Gasteiger partial charge < -0.3 is 5.73 Å². The first kappa shape index (κ1) is 42.5. The van der Waals surface area contributed by atoms with Crippen LogP contribution in [0.15, 0.2) is 24.3 Å². The molecule has 45 heavy (non-hydrogen) atoms. The molecule has 1 nitrogen and oxygen atoms in total. The molecule has 0 bridgehead atoms. The highest BCUT2D eigenvalue weighted by atomic mass is 14.7. The topological polar surface area (TPSA) is 26.0 Å². The Morgan fingerprint density at radius 2 is 1.02 bits per heavy atom. The lowest BCUT2D eigenvalue weighted by molar-refractivity contribution is 0.173. The van der Waals surface area contributed by atoms with Crippen LogP contribution in [0.4, 0.5) is 0 Å². The molecule has 0 heterocycles. The van der Waals surface area contributed by atoms with E-state index in [9.17, 15) is 0 Å². The Labute approximate surface area is 285 Å². The molecule has 1 aliphatic rings. The summed E-state index contributed by atoms with van der Waals surface area (Å²) in [7, 11) is 0. The van der Waals surface area contributed by atoms with Gasteiger partial charge in [-0.25, -0.2) is 0 Å². The third-order valence-corrected chi connectivity index (χ3v) is 11.4. The number of allylic oxidation sites excluding steroid dienone is 4. The SMILES string of the molecule is CCCCC/C=C/C=CCCCCCCCCC(C)(CCCCCCCCC(C)CCCCCCCC)CC1CC(N)CC1C. The molecule has 0 saturated heterocycles. The molecule has 1 aliphatic carbocycles. The molecule has 1 saturated carbocycles. The Hall–Kier alpha value is -0.560. The van der Waals surface area contributed by atoms with Gasteiger partial charge in [-0.2, -0.15) is 0 Å². The number of hydrogen-bond acceptors (Lipinski definition) is 1. The van der Waals surface area contributed by atoms with Gasteiger partial charge in [0.25, 0.3) is 0 Å². The van der Waals surface area contributed by atoms with Crippen LogP contribution in [-0.2, 0) is 0 Å². The lowest BCUT2D eigenvalue weighted by Crippen LogP contribution is -2.23. The smallest absolute Gasteiger partial charge is 0.00442 e. The van der Waals surface area contributed by atoms with Gasteiger partial charge in [0.15, 0.2) is 0 Å². The number of unbranched alkanes of at least 4 members (excludes halogenated alkanes) is 19. The van der Waals surface area contributed by atoms with E-state index in [4.69, 9.17) is 5.73 Å². The van der Waals surface area contributed by atoms with Crippen LogP contribution in [-0.4, -0.2) is 6.04 Å². The minimum atomic E-state index is 0.458. The van der Waals surface area contributed by atoms with Gasteiger partial charge in [-0.3, -0.25) is 0 Å². The average Bonchev–Trinajstić information content (AvgIpc) is 3.33. The molecule has 0 spiro atoms. The summed E-state index contributed by atoms with van der Waals surface area (Å²) < 4.78 is 0. The van der Waals surface area contributed by atoms with Crippen molar-refractivity contribution in [3.63, 3.8) is 0 Å². The fourth-order valence-corrected chi connectivity index (χ4v) is 8.19. The first-order valence-corrected chi connectivity index (χ1v) is 21.0. The highest BCUT2D eigenvalue weighted by Gasteiger charge is 2.35. The van der Waals surface area contributed by atoms with Crippen LogP contribution in [0.3, 0.4) is 0 Å². The average molecular weight is 628 g/mol. The number of nitrogens with two attached hydrogens (primary N) is 1. The van der Waals surface area contributed by atoms with E-state index < -0.39 is 0 Å². The van der Waals surface area contributed by atoms with E-state index in [1.165, 1.54) is 193 Å². The highest BCUT2D eigenvalue weighted by Crippen LogP contribution is 2.44. The summed E-state index contributed by atoms with van der Waals surface area (Å²) in [5, 5.41) is 0. The summed E-state index contributed by atoms with van der Waals surface area (Å²) in [6.45, 7) is 12.2. The molecule has 0 radical (unpaired) electrons. The number of hydrogen-bond donors (Lipinski definition) is 1. The quantitative estimate of drug-likeness (QED) is 0.0583. The fourth-order valence-electron chi connectivity index (χ4n) is 8.19. The summed E-state index contributed by atoms with van der Waals surface area (Å²) >= 11 is 0. The Balaban J connectivity index is 2.19. The maximum absolute atomic E-state index is 6.41. The van der Waals surface area contributed by atoms with E-state index in [1.807, 2.05) is 0 Å². The van der Waals surface area contributed by atoms with Gasteiger partial charge in [0.05, 0.1) is 0 Å². The van der Waals surface area contributed by atoms with Crippen LogP contribution >= 0.6 is 0 Å². The van der Waals surface area contributed by atoms with Crippen molar-refractivity contribution in [2.24, 2.45) is 28.9 Å². The van der Waals surface area contributed by atoms with Crippen LogP contribution in [0.5, 0.6) is 0 Å². The van der Waals surface area contributed by atoms with Crippen molar-refractivity contribution >= 4 is 0 Å². The van der Waals surface area contributed by atoms with Crippen molar-refractivity contribution < 1.29 is 0 Å². The van der Waals surface area contributed by atoms with Gasteiger partial charge in [0, 0.05) is 6.04 Å². The molecule has 1 fully saturated rings. The van der Waals surface area contributed by atoms with Crippen LogP contribution in [0.25, 0.3) is 0 Å². The van der Waals surface area contributed by atoms with Gasteiger partial charge in [-0.15, -0.1) is 0 Å². The van der Waals surface area contributed by atoms with E-state index >= 15 is 0 Å². The minimum absolute atomic E-state index is 0.458. The zero-order valence-corrected chi connectivity index (χ0v) is 31.9. The molecular weight excluding hydrogens is 542 g/mol. The predicted octanol–water partition coefficient (Wildman–Crippen LogP) is 15.1. The lowest BCUT2D eigenvalue weighted by atomic mass is 9.71. The van der Waals surface area contributed by atoms with Gasteiger partial charge >= 0.3 is 0 Å². The predicted molar refractivity (Wildman–Crippen MR) is 206 cm³/mol. The molecule has 2 N–H and O–H groups in total. The van der Waals surface area contributed by atoms with E-state index in [1.54, 1.807) is 0 Å². The van der Waals surface area contributed by atoms with Crippen molar-refractivity contribution in [2.45, 2.75) is 233 Å². The molecule has 0 aromatic carbocycles. The Morgan fingerprint density at radius 3 is 1.51 bits per heavy atom. The molecule has 5 atom stereocenters. The Morgan fingerprint density at radius 1 is 0.600 bits per heavy atom. The molecule has 1 rings (SSSR count). The lowest BCUT2D eigenvalue weighted by Gasteiger charge is -2.34. The fraction of sp³-hybridized carbons (Fsp3) is 0.909. The first-order chi connectivity index (χ1) is 21.9. The molecule has 0 amide bonds. The van der Waals surface area contributed by atoms with Gasteiger partial charge in [0.2, 0.25) is 0 Å². The molecule has 0 aromatic heterocycles. The summed E-state index contributed by atoms with van der Waals surface area (Å²) in [5.41, 5.74) is 6.94. The third kappa shape index (κ3) is 25.2. The van der Waals surface area contributed by atoms with Crippen molar-refractivity contribution in [1.82, 2.24) is 0 Å². The molecular formula is C44H85N. The summed E-state index contributed by atoms with van der Waals surface area (Å²) in [6.07, 6.45) is 51.3. The van der Waals surface area contributed by atoms with Crippen LogP contribution in [0.1, 0.15) is 227 Å². The monoisotopic (exact) mass is 628 g/mol. The Bertz CT molecular complexity index is 678. The van der Waals surface area contributed by atoms with Crippen molar-refractivity contribution in [3.05, 3.63) is 24.3 Å². The zero-order valence-electron chi connectivity index (χ0n) is 31.9. The molecule has 5 unspecified atom stereocenters. The summed E-state index contributed by atoms with van der Waals surface area (Å²) in [6, 6.07) is 0.458. The minimum Gasteiger partial charge on any atom is -0.328 e. The summed E-state index contributed by atoms with van der Waals surface area (Å²) in [5.74, 6) is 2.63. The Kier molecular flexibility index (Phi) is 27.9. The first-order valence-electron chi connectivity index (χ1n) is 21.0.